The molecule has 2 nitrogen and oxygen atoms in total. The van der Waals surface area contributed by atoms with Crippen molar-refractivity contribution in [1.29, 1.82) is 0 Å². The average Bonchev–Trinajstić information content (AvgIpc) is 1.08. The van der Waals surface area contributed by atoms with E-state index < -0.39 is 0 Å². The molecule has 90 heavy (non-hydrogen) atoms. The minimum Gasteiger partial charge on any atom is -0.309 e. The molecule has 7 aromatic rings. The van der Waals surface area contributed by atoms with E-state index >= 15 is 0 Å². The highest BCUT2D eigenvalue weighted by Gasteiger charge is 2.46. The van der Waals surface area contributed by atoms with Gasteiger partial charge in [-0.1, -0.05) is 190 Å². The third kappa shape index (κ3) is 11.5. The van der Waals surface area contributed by atoms with Gasteiger partial charge in [0.1, 0.15) is 0 Å². The molecule has 8 bridgehead atoms. The normalized spacial score (nSPS) is 23.6. The molecule has 8 aliphatic carbocycles. The zero-order valence-electron chi connectivity index (χ0n) is 60.8. The van der Waals surface area contributed by atoms with E-state index in [4.69, 9.17) is 0 Å². The Labute approximate surface area is 547 Å². The van der Waals surface area contributed by atoms with Gasteiger partial charge in [0, 0.05) is 44.3 Å². The van der Waals surface area contributed by atoms with Gasteiger partial charge in [-0.3, -0.25) is 0 Å². The number of hydrogen-bond acceptors (Lipinski definition) is 2. The van der Waals surface area contributed by atoms with E-state index in [1.807, 2.05) is 0 Å². The van der Waals surface area contributed by atoms with E-state index in [0.29, 0.717) is 23.7 Å². The molecule has 0 unspecified atom stereocenters. The molecule has 0 N–H and O–H groups in total. The van der Waals surface area contributed by atoms with Gasteiger partial charge < -0.3 is 9.80 Å². The topological polar surface area (TPSA) is 6.48 Å². The van der Waals surface area contributed by atoms with Crippen molar-refractivity contribution in [3.8, 4) is 0 Å². The van der Waals surface area contributed by atoms with Crippen molar-refractivity contribution in [3.63, 3.8) is 0 Å². The van der Waals surface area contributed by atoms with Gasteiger partial charge in [-0.05, 0) is 294 Å². The summed E-state index contributed by atoms with van der Waals surface area (Å²) < 4.78 is 0. The molecule has 0 amide bonds. The van der Waals surface area contributed by atoms with E-state index in [0.717, 1.165) is 23.7 Å². The van der Waals surface area contributed by atoms with Crippen LogP contribution in [0, 0.1) is 23.7 Å². The monoisotopic (exact) mass is 1200 g/mol. The number of rotatable bonds is 6. The molecule has 2 heteroatoms. The fraction of sp³-hybridized carbons (Fsp3) is 0.568. The quantitative estimate of drug-likeness (QED) is 0.121. The van der Waals surface area contributed by atoms with Crippen LogP contribution in [0.3, 0.4) is 0 Å². The maximum Gasteiger partial charge on any atom is 0.0620 e. The number of anilines is 6. The summed E-state index contributed by atoms with van der Waals surface area (Å²) in [5, 5.41) is 5.63. The van der Waals surface area contributed by atoms with Gasteiger partial charge in [-0.2, -0.15) is 0 Å². The summed E-state index contributed by atoms with van der Waals surface area (Å²) in [4.78, 5) is 5.76. The van der Waals surface area contributed by atoms with Crippen LogP contribution in [-0.2, 0) is 43.3 Å². The number of hydrogen-bond donors (Lipinski definition) is 0. The first-order valence-electron chi connectivity index (χ1n) is 35.9. The Morgan fingerprint density at radius 1 is 0.211 bits per heavy atom. The largest absolute Gasteiger partial charge is 0.309 e. The highest BCUT2D eigenvalue weighted by Crippen LogP contribution is 2.63. The molecule has 0 aliphatic heterocycles. The van der Waals surface area contributed by atoms with Crippen molar-refractivity contribution >= 4 is 55.7 Å². The predicted molar refractivity (Wildman–Crippen MR) is 392 cm³/mol. The lowest BCUT2D eigenvalue weighted by Crippen LogP contribution is -2.25. The van der Waals surface area contributed by atoms with Gasteiger partial charge in [0.05, 0.1) is 11.4 Å². The predicted octanol–water partition coefficient (Wildman–Crippen LogP) is 26.1. The zero-order chi connectivity index (χ0) is 64.9. The Morgan fingerprint density at radius 2 is 0.367 bits per heavy atom. The molecule has 478 valence electrons. The van der Waals surface area contributed by atoms with Crippen LogP contribution in [0.1, 0.15) is 321 Å². The van der Waals surface area contributed by atoms with Gasteiger partial charge in [-0.15, -0.1) is 0 Å². The van der Waals surface area contributed by atoms with Crippen LogP contribution in [0.15, 0.2) is 97.1 Å². The highest BCUT2D eigenvalue weighted by atomic mass is 15.2. The maximum absolute atomic E-state index is 2.88. The van der Waals surface area contributed by atoms with Crippen molar-refractivity contribution in [2.24, 2.45) is 23.7 Å². The van der Waals surface area contributed by atoms with E-state index in [1.54, 1.807) is 22.3 Å². The summed E-state index contributed by atoms with van der Waals surface area (Å²) in [5.74, 6) is 5.48. The molecule has 4 saturated carbocycles. The summed E-state index contributed by atoms with van der Waals surface area (Å²) in [7, 11) is 0. The van der Waals surface area contributed by atoms with Gasteiger partial charge in [0.2, 0.25) is 0 Å². The fourth-order valence-corrected chi connectivity index (χ4v) is 18.2. The minimum atomic E-state index is -0.0910. The SMILES string of the molecule is CC(C)(C)c1cc(N(c2cc(C(C)(C)C)cc(C(C)(C)C)c2)c2c3cc4c(cc3c(N(c3cc(C(C)(C)C)cc(C(C)(C)C)c3)c3cc(C(C)(C)C)cc(C(C)(C)C)c3)c3cc5c(cc23)C2CC3CC(C2)CC5C3)C2CC3CC(CC4C3)C2)cc(C(C)(C)C)c1. The van der Waals surface area contributed by atoms with E-state index in [1.165, 1.54) is 164 Å². The summed E-state index contributed by atoms with van der Waals surface area (Å²) in [5.41, 5.74) is 24.9. The molecule has 0 aromatic heterocycles. The van der Waals surface area contributed by atoms with Crippen LogP contribution in [0.2, 0.25) is 0 Å². The molecule has 0 heterocycles. The summed E-state index contributed by atoms with van der Waals surface area (Å²) >= 11 is 0. The summed E-state index contributed by atoms with van der Waals surface area (Å²) in [6, 6.07) is 42.7. The van der Waals surface area contributed by atoms with Crippen molar-refractivity contribution in [3.05, 3.63) is 164 Å². The number of fused-ring (bicyclic) bond motifs is 2. The molecule has 7 aromatic carbocycles. The first kappa shape index (κ1) is 63.4. The number of benzene rings is 7. The van der Waals surface area contributed by atoms with Crippen molar-refractivity contribution in [2.75, 3.05) is 9.80 Å². The standard InChI is InChI=1S/C88H116N2/c1-81(2,3)59-35-60(82(4,5)6)40-67(39-59)89(68-41-61(83(7,8)9)36-62(42-68)84(10,11)12)79-75-47-71-55-27-51-25-52(28-55)32-57(31-51)73(71)49-77(75)80(78-50-74-58-33-53-26-54(34-58)30-56(29-53)72(74)48-76(78)79)90(69-43-63(85(13,14)15)37-64(44-69)86(16,17)18)70-45-65(87(19,20)21)38-66(46-70)88(22,23)24/h35-58H,25-34H2,1-24H3. The van der Waals surface area contributed by atoms with Gasteiger partial charge in [-0.25, -0.2) is 0 Å². The number of nitrogens with zero attached hydrogens (tertiary/aromatic N) is 2. The van der Waals surface area contributed by atoms with Crippen LogP contribution < -0.4 is 9.80 Å². The Hall–Kier alpha value is -5.34. The third-order valence-electron chi connectivity index (χ3n) is 23.6. The Kier molecular flexibility index (Phi) is 14.9. The van der Waals surface area contributed by atoms with Crippen molar-refractivity contribution < 1.29 is 0 Å². The minimum absolute atomic E-state index is 0.0910. The maximum atomic E-state index is 2.88. The van der Waals surface area contributed by atoms with E-state index in [-0.39, 0.29) is 43.3 Å². The summed E-state index contributed by atoms with van der Waals surface area (Å²) in [6.07, 6.45) is 13.4. The second-order valence-corrected chi connectivity index (χ2v) is 39.1. The van der Waals surface area contributed by atoms with Crippen LogP contribution in [-0.4, -0.2) is 0 Å². The lowest BCUT2D eigenvalue weighted by atomic mass is 9.67. The Bertz CT molecular complexity index is 3320. The van der Waals surface area contributed by atoms with Gasteiger partial charge in [0.25, 0.3) is 0 Å². The van der Waals surface area contributed by atoms with Crippen LogP contribution in [0.4, 0.5) is 34.1 Å². The van der Waals surface area contributed by atoms with Crippen molar-refractivity contribution in [1.82, 2.24) is 0 Å². The van der Waals surface area contributed by atoms with Crippen LogP contribution in [0.5, 0.6) is 0 Å². The van der Waals surface area contributed by atoms with E-state index in [9.17, 15) is 0 Å². The van der Waals surface area contributed by atoms with E-state index in [2.05, 4.69) is 273 Å². The Balaban J connectivity index is 1.30. The molecule has 4 fully saturated rings. The van der Waals surface area contributed by atoms with Gasteiger partial charge >= 0.3 is 0 Å². The lowest BCUT2D eigenvalue weighted by molar-refractivity contribution is 0.165. The molecule has 0 saturated heterocycles. The van der Waals surface area contributed by atoms with Gasteiger partial charge in [0.15, 0.2) is 0 Å². The first-order chi connectivity index (χ1) is 41.5. The highest BCUT2D eigenvalue weighted by molar-refractivity contribution is 6.24. The molecule has 0 spiro atoms. The zero-order valence-corrected chi connectivity index (χ0v) is 60.8. The fourth-order valence-electron chi connectivity index (χ4n) is 18.2. The lowest BCUT2D eigenvalue weighted by Gasteiger charge is -2.38. The molecule has 0 atom stereocenters. The van der Waals surface area contributed by atoms with Crippen LogP contribution >= 0.6 is 0 Å². The average molecular weight is 1200 g/mol. The Morgan fingerprint density at radius 3 is 0.511 bits per heavy atom. The molecule has 8 aliphatic rings. The summed E-state index contributed by atoms with van der Waals surface area (Å²) in [6.45, 7) is 58.4. The molecule has 15 rings (SSSR count). The van der Waals surface area contributed by atoms with Crippen molar-refractivity contribution in [2.45, 2.75) is 297 Å². The molecular formula is C88H116N2. The molecular weight excluding hydrogens is 1080 g/mol. The molecule has 0 radical (unpaired) electrons. The second kappa shape index (κ2) is 21.1. The van der Waals surface area contributed by atoms with Crippen LogP contribution in [0.25, 0.3) is 21.5 Å². The third-order valence-corrected chi connectivity index (χ3v) is 23.6. The second-order valence-electron chi connectivity index (χ2n) is 39.1. The smallest absolute Gasteiger partial charge is 0.0620 e. The first-order valence-corrected chi connectivity index (χ1v) is 35.9.